The zero-order valence-corrected chi connectivity index (χ0v) is 12.1. The summed E-state index contributed by atoms with van der Waals surface area (Å²) in [5.74, 6) is -0.449. The highest BCUT2D eigenvalue weighted by Crippen LogP contribution is 2.19. The van der Waals surface area contributed by atoms with Gasteiger partial charge in [-0.2, -0.15) is 0 Å². The predicted molar refractivity (Wildman–Crippen MR) is 77.2 cm³/mol. The zero-order valence-electron chi connectivity index (χ0n) is 12.1. The lowest BCUT2D eigenvalue weighted by atomic mass is 10.1. The molecule has 0 saturated carbocycles. The van der Waals surface area contributed by atoms with Crippen molar-refractivity contribution < 1.29 is 9.31 Å². The first-order valence-corrected chi connectivity index (χ1v) is 6.94. The predicted octanol–water partition coefficient (Wildman–Crippen LogP) is 2.56. The van der Waals surface area contributed by atoms with Crippen molar-refractivity contribution in [3.8, 4) is 0 Å². The number of halogens is 1. The zero-order chi connectivity index (χ0) is 15.0. The van der Waals surface area contributed by atoms with E-state index >= 15 is 0 Å². The molecule has 1 N–H and O–H groups in total. The highest BCUT2D eigenvalue weighted by atomic mass is 19.1. The summed E-state index contributed by atoms with van der Waals surface area (Å²) in [6.07, 6.45) is 0.963. The van der Waals surface area contributed by atoms with Crippen LogP contribution in [0.3, 0.4) is 0 Å². The summed E-state index contributed by atoms with van der Waals surface area (Å²) in [5, 5.41) is 14.0. The van der Waals surface area contributed by atoms with Gasteiger partial charge in [0.2, 0.25) is 0 Å². The fourth-order valence-electron chi connectivity index (χ4n) is 2.06. The molecule has 6 heteroatoms. The summed E-state index contributed by atoms with van der Waals surface area (Å²) in [6.45, 7) is 8.33. The molecule has 0 radical (unpaired) electrons. The Balaban J connectivity index is 2.42. The molecule has 1 rings (SSSR count). The van der Waals surface area contributed by atoms with E-state index in [9.17, 15) is 14.5 Å². The number of hydrogen-bond acceptors (Lipinski definition) is 4. The van der Waals surface area contributed by atoms with Crippen LogP contribution in [0.2, 0.25) is 0 Å². The van der Waals surface area contributed by atoms with E-state index in [4.69, 9.17) is 0 Å². The standard InChI is InChI=1S/C14H22FN3O2/c1-3-17(4-2)9-5-8-16-11-12-10-13(15)6-7-14(12)18(19)20/h6-7,10,16H,3-5,8-9,11H2,1-2H3. The molecule has 5 nitrogen and oxygen atoms in total. The maximum absolute atomic E-state index is 13.1. The molecule has 0 amide bonds. The monoisotopic (exact) mass is 283 g/mol. The number of nitro groups is 1. The average Bonchev–Trinajstić information content (AvgIpc) is 2.42. The molecule has 0 atom stereocenters. The van der Waals surface area contributed by atoms with E-state index in [1.807, 2.05) is 0 Å². The third-order valence-electron chi connectivity index (χ3n) is 3.28. The summed E-state index contributed by atoms with van der Waals surface area (Å²) >= 11 is 0. The van der Waals surface area contributed by atoms with Crippen molar-refractivity contribution in [3.63, 3.8) is 0 Å². The van der Waals surface area contributed by atoms with E-state index in [1.54, 1.807) is 0 Å². The van der Waals surface area contributed by atoms with Crippen molar-refractivity contribution >= 4 is 5.69 Å². The van der Waals surface area contributed by atoms with Crippen LogP contribution in [0.4, 0.5) is 10.1 Å². The van der Waals surface area contributed by atoms with E-state index in [0.717, 1.165) is 38.7 Å². The molecule has 0 heterocycles. The summed E-state index contributed by atoms with van der Waals surface area (Å²) in [7, 11) is 0. The number of nitrogens with one attached hydrogen (secondary N) is 1. The smallest absolute Gasteiger partial charge is 0.274 e. The second-order valence-electron chi connectivity index (χ2n) is 4.59. The Morgan fingerprint density at radius 2 is 2.05 bits per heavy atom. The molecule has 0 bridgehead atoms. The lowest BCUT2D eigenvalue weighted by molar-refractivity contribution is -0.385. The third kappa shape index (κ3) is 5.22. The first-order valence-electron chi connectivity index (χ1n) is 6.94. The van der Waals surface area contributed by atoms with E-state index in [1.165, 1.54) is 12.1 Å². The molecule has 1 aromatic carbocycles. The lowest BCUT2D eigenvalue weighted by Gasteiger charge is -2.17. The van der Waals surface area contributed by atoms with Crippen molar-refractivity contribution in [1.82, 2.24) is 10.2 Å². The second-order valence-corrected chi connectivity index (χ2v) is 4.59. The topological polar surface area (TPSA) is 58.4 Å². The lowest BCUT2D eigenvalue weighted by Crippen LogP contribution is -2.27. The van der Waals surface area contributed by atoms with Gasteiger partial charge in [0.15, 0.2) is 0 Å². The number of nitro benzene ring substituents is 1. The van der Waals surface area contributed by atoms with Gasteiger partial charge in [-0.15, -0.1) is 0 Å². The SMILES string of the molecule is CCN(CC)CCCNCc1cc(F)ccc1[N+](=O)[O-]. The normalized spacial score (nSPS) is 11.0. The molecule has 1 aromatic rings. The quantitative estimate of drug-likeness (QED) is 0.430. The van der Waals surface area contributed by atoms with Crippen molar-refractivity contribution in [2.45, 2.75) is 26.8 Å². The Labute approximate surface area is 118 Å². The molecule has 20 heavy (non-hydrogen) atoms. The van der Waals surface area contributed by atoms with Crippen LogP contribution in [0.25, 0.3) is 0 Å². The van der Waals surface area contributed by atoms with E-state index in [-0.39, 0.29) is 5.69 Å². The Morgan fingerprint density at radius 1 is 1.35 bits per heavy atom. The Hall–Kier alpha value is -1.53. The summed E-state index contributed by atoms with van der Waals surface area (Å²) in [5.41, 5.74) is 0.348. The maximum Gasteiger partial charge on any atom is 0.274 e. The molecule has 112 valence electrons. The Morgan fingerprint density at radius 3 is 2.65 bits per heavy atom. The van der Waals surface area contributed by atoms with Crippen molar-refractivity contribution in [2.75, 3.05) is 26.2 Å². The summed E-state index contributed by atoms with van der Waals surface area (Å²) in [6, 6.07) is 3.54. The van der Waals surface area contributed by atoms with E-state index in [0.29, 0.717) is 12.1 Å². The first kappa shape index (κ1) is 16.5. The fourth-order valence-corrected chi connectivity index (χ4v) is 2.06. The average molecular weight is 283 g/mol. The molecule has 0 aliphatic heterocycles. The Kier molecular flexibility index (Phi) is 7.11. The molecule has 0 saturated heterocycles. The minimum Gasteiger partial charge on any atom is -0.312 e. The third-order valence-corrected chi connectivity index (χ3v) is 3.28. The highest BCUT2D eigenvalue weighted by Gasteiger charge is 2.13. The molecule has 0 aromatic heterocycles. The molecule has 0 unspecified atom stereocenters. The minimum atomic E-state index is -0.480. The number of hydrogen-bond donors (Lipinski definition) is 1. The van der Waals surface area contributed by atoms with Crippen LogP contribution in [0, 0.1) is 15.9 Å². The fraction of sp³-hybridized carbons (Fsp3) is 0.571. The van der Waals surface area contributed by atoms with Gasteiger partial charge in [0, 0.05) is 18.2 Å². The van der Waals surface area contributed by atoms with Crippen LogP contribution < -0.4 is 5.32 Å². The van der Waals surface area contributed by atoms with E-state index < -0.39 is 10.7 Å². The number of benzene rings is 1. The van der Waals surface area contributed by atoms with Gasteiger partial charge in [-0.05, 0) is 44.7 Å². The van der Waals surface area contributed by atoms with Gasteiger partial charge in [0.05, 0.1) is 4.92 Å². The van der Waals surface area contributed by atoms with Gasteiger partial charge >= 0.3 is 0 Å². The summed E-state index contributed by atoms with van der Waals surface area (Å²) in [4.78, 5) is 12.7. The van der Waals surface area contributed by atoms with Crippen LogP contribution in [-0.4, -0.2) is 36.0 Å². The molecule has 0 spiro atoms. The Bertz CT molecular complexity index is 436. The number of rotatable bonds is 9. The number of nitrogens with zero attached hydrogens (tertiary/aromatic N) is 2. The van der Waals surface area contributed by atoms with Gasteiger partial charge in [-0.3, -0.25) is 10.1 Å². The summed E-state index contributed by atoms with van der Waals surface area (Å²) < 4.78 is 13.1. The van der Waals surface area contributed by atoms with Crippen LogP contribution in [0.15, 0.2) is 18.2 Å². The van der Waals surface area contributed by atoms with Crippen LogP contribution in [0.1, 0.15) is 25.8 Å². The van der Waals surface area contributed by atoms with Gasteiger partial charge in [0.25, 0.3) is 5.69 Å². The molecular weight excluding hydrogens is 261 g/mol. The highest BCUT2D eigenvalue weighted by molar-refractivity contribution is 5.40. The molecule has 0 aliphatic rings. The van der Waals surface area contributed by atoms with Crippen LogP contribution in [0.5, 0.6) is 0 Å². The van der Waals surface area contributed by atoms with Gasteiger partial charge in [-0.1, -0.05) is 13.8 Å². The van der Waals surface area contributed by atoms with E-state index in [2.05, 4.69) is 24.1 Å². The van der Waals surface area contributed by atoms with Crippen LogP contribution >= 0.6 is 0 Å². The minimum absolute atomic E-state index is 0.0392. The van der Waals surface area contributed by atoms with Crippen LogP contribution in [-0.2, 0) is 6.54 Å². The van der Waals surface area contributed by atoms with Crippen molar-refractivity contribution in [3.05, 3.63) is 39.7 Å². The molecule has 0 aliphatic carbocycles. The molecular formula is C14H22FN3O2. The first-order chi connectivity index (χ1) is 9.58. The van der Waals surface area contributed by atoms with Gasteiger partial charge in [-0.25, -0.2) is 4.39 Å². The maximum atomic E-state index is 13.1. The van der Waals surface area contributed by atoms with Crippen molar-refractivity contribution in [1.29, 1.82) is 0 Å². The second kappa shape index (κ2) is 8.60. The van der Waals surface area contributed by atoms with Gasteiger partial charge < -0.3 is 10.2 Å². The van der Waals surface area contributed by atoms with Crippen molar-refractivity contribution in [2.24, 2.45) is 0 Å². The molecule has 0 fully saturated rings. The van der Waals surface area contributed by atoms with Gasteiger partial charge in [0.1, 0.15) is 5.82 Å². The largest absolute Gasteiger partial charge is 0.312 e.